The van der Waals surface area contributed by atoms with E-state index in [9.17, 15) is 4.79 Å². The van der Waals surface area contributed by atoms with Crippen LogP contribution in [0.1, 0.15) is 18.4 Å². The van der Waals surface area contributed by atoms with Gasteiger partial charge in [0.1, 0.15) is 6.10 Å². The van der Waals surface area contributed by atoms with Crippen molar-refractivity contribution in [1.29, 1.82) is 0 Å². The van der Waals surface area contributed by atoms with E-state index in [1.165, 1.54) is 0 Å². The van der Waals surface area contributed by atoms with Crippen molar-refractivity contribution < 1.29 is 23.7 Å². The fourth-order valence-corrected chi connectivity index (χ4v) is 3.66. The van der Waals surface area contributed by atoms with Gasteiger partial charge >= 0.3 is 0 Å². The summed E-state index contributed by atoms with van der Waals surface area (Å²) in [6.07, 6.45) is 1.30. The minimum Gasteiger partial charge on any atom is -0.454 e. The topological polar surface area (TPSA) is 78.1 Å². The Kier molecular flexibility index (Phi) is 6.24. The Labute approximate surface area is 159 Å². The first-order chi connectivity index (χ1) is 12.3. The zero-order chi connectivity index (χ0) is 17.1. The second-order valence-electron chi connectivity index (χ2n) is 6.74. The van der Waals surface area contributed by atoms with Gasteiger partial charge in [-0.25, -0.2) is 0 Å². The molecule has 1 amide bonds. The second kappa shape index (κ2) is 8.43. The predicted molar refractivity (Wildman–Crippen MR) is 97.2 cm³/mol. The van der Waals surface area contributed by atoms with Gasteiger partial charge in [0.05, 0.1) is 6.61 Å². The van der Waals surface area contributed by atoms with E-state index >= 15 is 0 Å². The van der Waals surface area contributed by atoms with E-state index < -0.39 is 6.10 Å². The molecule has 0 saturated carbocycles. The van der Waals surface area contributed by atoms with Gasteiger partial charge in [-0.1, -0.05) is 6.07 Å². The fraction of sp³-hybridized carbons (Fsp3) is 0.611. The zero-order valence-corrected chi connectivity index (χ0v) is 15.4. The number of ether oxygens (including phenoxy) is 4. The summed E-state index contributed by atoms with van der Waals surface area (Å²) in [4.78, 5) is 12.4. The van der Waals surface area contributed by atoms with Gasteiger partial charge in [-0.3, -0.25) is 4.79 Å². The molecule has 1 atom stereocenters. The van der Waals surface area contributed by atoms with E-state index in [2.05, 4.69) is 16.7 Å². The summed E-state index contributed by atoms with van der Waals surface area (Å²) in [5.74, 6) is 1.49. The van der Waals surface area contributed by atoms with Crippen LogP contribution >= 0.6 is 12.4 Å². The van der Waals surface area contributed by atoms with Crippen molar-refractivity contribution in [2.45, 2.75) is 24.4 Å². The molecule has 7 nitrogen and oxygen atoms in total. The maximum atomic E-state index is 12.4. The monoisotopic (exact) mass is 384 g/mol. The van der Waals surface area contributed by atoms with E-state index in [0.29, 0.717) is 32.9 Å². The van der Waals surface area contributed by atoms with Gasteiger partial charge in [0.15, 0.2) is 11.5 Å². The van der Waals surface area contributed by atoms with Crippen LogP contribution in [0.5, 0.6) is 11.5 Å². The molecule has 0 bridgehead atoms. The summed E-state index contributed by atoms with van der Waals surface area (Å²) in [6, 6.07) is 6.06. The molecular formula is C18H25ClN2O5. The summed E-state index contributed by atoms with van der Waals surface area (Å²) in [5, 5.41) is 6.28. The highest BCUT2D eigenvalue weighted by Gasteiger charge is 2.36. The number of halogens is 1. The maximum Gasteiger partial charge on any atom is 0.250 e. The van der Waals surface area contributed by atoms with Crippen molar-refractivity contribution in [2.75, 3.05) is 46.2 Å². The summed E-state index contributed by atoms with van der Waals surface area (Å²) in [6.45, 7) is 4.12. The molecule has 3 aliphatic rings. The largest absolute Gasteiger partial charge is 0.454 e. The molecule has 3 aliphatic heterocycles. The number of fused-ring (bicyclic) bond motifs is 1. The summed E-state index contributed by atoms with van der Waals surface area (Å²) in [7, 11) is 0. The highest BCUT2D eigenvalue weighted by molar-refractivity contribution is 5.85. The number of rotatable bonds is 4. The number of morpholine rings is 1. The SMILES string of the molecule is Cl.O=C(NCC1(c2ccc3c(c2)OCO3)CCOCC1)C1CNCCO1. The fourth-order valence-electron chi connectivity index (χ4n) is 3.66. The summed E-state index contributed by atoms with van der Waals surface area (Å²) in [5.41, 5.74) is 1.000. The maximum absolute atomic E-state index is 12.4. The van der Waals surface area contributed by atoms with Gasteiger partial charge in [0.25, 0.3) is 0 Å². The molecule has 0 radical (unpaired) electrons. The zero-order valence-electron chi connectivity index (χ0n) is 14.6. The molecule has 26 heavy (non-hydrogen) atoms. The van der Waals surface area contributed by atoms with Crippen LogP contribution < -0.4 is 20.1 Å². The number of nitrogens with one attached hydrogen (secondary N) is 2. The first-order valence-electron chi connectivity index (χ1n) is 8.85. The first-order valence-corrected chi connectivity index (χ1v) is 8.85. The lowest BCUT2D eigenvalue weighted by molar-refractivity contribution is -0.134. The molecule has 1 aromatic rings. The van der Waals surface area contributed by atoms with Crippen LogP contribution in [0.2, 0.25) is 0 Å². The van der Waals surface area contributed by atoms with E-state index in [1.54, 1.807) is 0 Å². The Morgan fingerprint density at radius 3 is 2.77 bits per heavy atom. The van der Waals surface area contributed by atoms with Crippen molar-refractivity contribution in [1.82, 2.24) is 10.6 Å². The lowest BCUT2D eigenvalue weighted by atomic mass is 9.74. The standard InChI is InChI=1S/C18H24N2O5.ClH/c21-17(16-10-19-5-8-23-16)20-11-18(3-6-22-7-4-18)13-1-2-14-15(9-13)25-12-24-14;/h1-2,9,16,19H,3-8,10-12H2,(H,20,21);1H. The number of benzene rings is 1. The van der Waals surface area contributed by atoms with Gasteiger partial charge in [-0.15, -0.1) is 12.4 Å². The number of carbonyl (C=O) groups is 1. The molecule has 3 heterocycles. The van der Waals surface area contributed by atoms with Crippen LogP contribution in [-0.2, 0) is 19.7 Å². The Morgan fingerprint density at radius 2 is 2.00 bits per heavy atom. The highest BCUT2D eigenvalue weighted by atomic mass is 35.5. The van der Waals surface area contributed by atoms with E-state index in [-0.39, 0.29) is 30.5 Å². The van der Waals surface area contributed by atoms with Gasteiger partial charge < -0.3 is 29.6 Å². The third kappa shape index (κ3) is 3.91. The summed E-state index contributed by atoms with van der Waals surface area (Å²) < 4.78 is 22.0. The molecule has 2 N–H and O–H groups in total. The van der Waals surface area contributed by atoms with Crippen molar-refractivity contribution in [3.8, 4) is 11.5 Å². The molecule has 2 saturated heterocycles. The Hall–Kier alpha value is -1.54. The lowest BCUT2D eigenvalue weighted by Crippen LogP contribution is -2.51. The van der Waals surface area contributed by atoms with Gasteiger partial charge in [-0.05, 0) is 30.5 Å². The summed E-state index contributed by atoms with van der Waals surface area (Å²) >= 11 is 0. The van der Waals surface area contributed by atoms with Crippen molar-refractivity contribution in [3.63, 3.8) is 0 Å². The Bertz CT molecular complexity index is 630. The molecule has 2 fully saturated rings. The number of hydrogen-bond donors (Lipinski definition) is 2. The molecule has 144 valence electrons. The van der Waals surface area contributed by atoms with Crippen molar-refractivity contribution in [3.05, 3.63) is 23.8 Å². The number of carbonyl (C=O) groups excluding carboxylic acids is 1. The van der Waals surface area contributed by atoms with Crippen LogP contribution in [-0.4, -0.2) is 58.3 Å². The molecule has 1 unspecified atom stereocenters. The average molecular weight is 385 g/mol. The minimum absolute atomic E-state index is 0. The van der Waals surface area contributed by atoms with Crippen LogP contribution in [0.4, 0.5) is 0 Å². The lowest BCUT2D eigenvalue weighted by Gasteiger charge is -2.38. The second-order valence-corrected chi connectivity index (χ2v) is 6.74. The number of hydrogen-bond acceptors (Lipinski definition) is 6. The van der Waals surface area contributed by atoms with Gasteiger partial charge in [0, 0.05) is 38.3 Å². The third-order valence-corrected chi connectivity index (χ3v) is 5.26. The smallest absolute Gasteiger partial charge is 0.250 e. The molecule has 0 aromatic heterocycles. The minimum atomic E-state index is -0.414. The van der Waals surface area contributed by atoms with Crippen LogP contribution in [0.15, 0.2) is 18.2 Å². The Morgan fingerprint density at radius 1 is 1.19 bits per heavy atom. The predicted octanol–water partition coefficient (Wildman–Crippen LogP) is 0.990. The molecular weight excluding hydrogens is 360 g/mol. The molecule has 4 rings (SSSR count). The molecule has 0 aliphatic carbocycles. The van der Waals surface area contributed by atoms with E-state index in [1.807, 2.05) is 12.1 Å². The van der Waals surface area contributed by atoms with Crippen LogP contribution in [0, 0.1) is 0 Å². The van der Waals surface area contributed by atoms with Gasteiger partial charge in [0.2, 0.25) is 12.7 Å². The van der Waals surface area contributed by atoms with E-state index in [4.69, 9.17) is 18.9 Å². The normalized spacial score (nSPS) is 23.8. The first kappa shape index (κ1) is 19.2. The average Bonchev–Trinajstić information content (AvgIpc) is 3.15. The molecule has 8 heteroatoms. The van der Waals surface area contributed by atoms with Crippen molar-refractivity contribution in [2.24, 2.45) is 0 Å². The van der Waals surface area contributed by atoms with Gasteiger partial charge in [-0.2, -0.15) is 0 Å². The van der Waals surface area contributed by atoms with E-state index in [0.717, 1.165) is 36.4 Å². The Balaban J connectivity index is 0.00000196. The third-order valence-electron chi connectivity index (χ3n) is 5.26. The molecule has 0 spiro atoms. The van der Waals surface area contributed by atoms with Crippen LogP contribution in [0.25, 0.3) is 0 Å². The van der Waals surface area contributed by atoms with Crippen LogP contribution in [0.3, 0.4) is 0 Å². The molecule has 1 aromatic carbocycles. The highest BCUT2D eigenvalue weighted by Crippen LogP contribution is 2.40. The number of amides is 1. The quantitative estimate of drug-likeness (QED) is 0.806. The van der Waals surface area contributed by atoms with Crippen molar-refractivity contribution >= 4 is 18.3 Å².